The molecule has 0 rings (SSSR count). The van der Waals surface area contributed by atoms with E-state index in [-0.39, 0.29) is 6.32 Å². The van der Waals surface area contributed by atoms with Gasteiger partial charge >= 0.3 is 7.12 Å². The zero-order valence-electron chi connectivity index (χ0n) is 4.39. The van der Waals surface area contributed by atoms with Gasteiger partial charge in [-0.05, 0) is 6.92 Å². The van der Waals surface area contributed by atoms with Gasteiger partial charge in [-0.3, -0.25) is 0 Å². The molecule has 0 atom stereocenters. The van der Waals surface area contributed by atoms with E-state index in [1.807, 2.05) is 0 Å². The van der Waals surface area contributed by atoms with Crippen LogP contribution in [-0.2, 0) is 0 Å². The highest BCUT2D eigenvalue weighted by Gasteiger charge is 2.03. The van der Waals surface area contributed by atoms with Crippen molar-refractivity contribution >= 4 is 7.12 Å². The Balaban J connectivity index is 3.13. The van der Waals surface area contributed by atoms with Crippen LogP contribution in [0.4, 0.5) is 0 Å². The molecular weight excluding hydrogens is 90.9 g/mol. The fraction of sp³-hybridized carbons (Fsp3) is 0.500. The first-order valence-electron chi connectivity index (χ1n) is 2.13. The van der Waals surface area contributed by atoms with Crippen molar-refractivity contribution < 1.29 is 10.0 Å². The molecule has 0 amide bonds. The first-order valence-corrected chi connectivity index (χ1v) is 2.13. The van der Waals surface area contributed by atoms with Crippen molar-refractivity contribution in [1.29, 1.82) is 0 Å². The zero-order chi connectivity index (χ0) is 5.86. The molecule has 7 heavy (non-hydrogen) atoms. The van der Waals surface area contributed by atoms with E-state index < -0.39 is 7.12 Å². The predicted molar refractivity (Wildman–Crippen MR) is 29.8 cm³/mol. The van der Waals surface area contributed by atoms with E-state index >= 15 is 0 Å². The number of hydrogen-bond acceptors (Lipinski definition) is 2. The molecule has 0 fully saturated rings. The molecule has 0 aromatic rings. The van der Waals surface area contributed by atoms with Crippen LogP contribution in [0.15, 0.2) is 12.2 Å². The summed E-state index contributed by atoms with van der Waals surface area (Å²) < 4.78 is 0. The van der Waals surface area contributed by atoms with Gasteiger partial charge in [-0.15, -0.1) is 6.58 Å². The van der Waals surface area contributed by atoms with Crippen molar-refractivity contribution in [3.63, 3.8) is 0 Å². The van der Waals surface area contributed by atoms with Gasteiger partial charge in [0.15, 0.2) is 0 Å². The van der Waals surface area contributed by atoms with Crippen LogP contribution in [0.25, 0.3) is 0 Å². The topological polar surface area (TPSA) is 40.5 Å². The molecular formula is C4H9BO2. The van der Waals surface area contributed by atoms with Gasteiger partial charge in [0.2, 0.25) is 0 Å². The molecule has 0 spiro atoms. The summed E-state index contributed by atoms with van der Waals surface area (Å²) in [6.07, 6.45) is 0.278. The quantitative estimate of drug-likeness (QED) is 0.379. The van der Waals surface area contributed by atoms with Gasteiger partial charge in [-0.1, -0.05) is 5.57 Å². The summed E-state index contributed by atoms with van der Waals surface area (Å²) >= 11 is 0. The number of rotatable bonds is 2. The Morgan fingerprint density at radius 1 is 1.71 bits per heavy atom. The lowest BCUT2D eigenvalue weighted by Gasteiger charge is -1.92. The second-order valence-corrected chi connectivity index (χ2v) is 1.64. The molecule has 0 aromatic heterocycles. The summed E-state index contributed by atoms with van der Waals surface area (Å²) in [5.74, 6) is 0. The molecule has 0 saturated carbocycles. The van der Waals surface area contributed by atoms with Gasteiger partial charge in [-0.2, -0.15) is 0 Å². The van der Waals surface area contributed by atoms with Gasteiger partial charge in [0.05, 0.1) is 0 Å². The van der Waals surface area contributed by atoms with Crippen LogP contribution >= 0.6 is 0 Å². The lowest BCUT2D eigenvalue weighted by molar-refractivity contribution is 0.410. The molecule has 0 bridgehead atoms. The minimum absolute atomic E-state index is 0.278. The summed E-state index contributed by atoms with van der Waals surface area (Å²) in [7, 11) is -1.22. The van der Waals surface area contributed by atoms with Crippen LogP contribution in [-0.4, -0.2) is 17.2 Å². The maximum absolute atomic E-state index is 8.22. The molecule has 0 radical (unpaired) electrons. The van der Waals surface area contributed by atoms with Crippen LogP contribution in [0.5, 0.6) is 0 Å². The van der Waals surface area contributed by atoms with Crippen LogP contribution in [0.3, 0.4) is 0 Å². The smallest absolute Gasteiger partial charge is 0.427 e. The first kappa shape index (κ1) is 6.72. The fourth-order valence-electron chi connectivity index (χ4n) is 0.312. The Bertz CT molecular complexity index is 70.1. The Morgan fingerprint density at radius 2 is 2.14 bits per heavy atom. The third-order valence-corrected chi connectivity index (χ3v) is 0.531. The molecule has 0 unspecified atom stereocenters. The second-order valence-electron chi connectivity index (χ2n) is 1.64. The highest BCUT2D eigenvalue weighted by atomic mass is 16.4. The minimum atomic E-state index is -1.22. The molecule has 0 saturated heterocycles. The van der Waals surface area contributed by atoms with E-state index in [2.05, 4.69) is 6.58 Å². The van der Waals surface area contributed by atoms with Crippen molar-refractivity contribution in [3.05, 3.63) is 12.2 Å². The molecule has 0 aliphatic rings. The van der Waals surface area contributed by atoms with Crippen LogP contribution in [0, 0.1) is 0 Å². The van der Waals surface area contributed by atoms with Crippen LogP contribution in [0.1, 0.15) is 6.92 Å². The summed E-state index contributed by atoms with van der Waals surface area (Å²) in [6, 6.07) is 0. The Kier molecular flexibility index (Phi) is 2.72. The Hall–Kier alpha value is -0.275. The largest absolute Gasteiger partial charge is 0.455 e. The van der Waals surface area contributed by atoms with E-state index in [0.29, 0.717) is 0 Å². The van der Waals surface area contributed by atoms with E-state index in [9.17, 15) is 0 Å². The SMILES string of the molecule is C=C(C)CB(O)O. The van der Waals surface area contributed by atoms with E-state index in [4.69, 9.17) is 10.0 Å². The van der Waals surface area contributed by atoms with Crippen molar-refractivity contribution in [2.75, 3.05) is 0 Å². The number of hydrogen-bond donors (Lipinski definition) is 2. The molecule has 0 aromatic carbocycles. The maximum Gasteiger partial charge on any atom is 0.455 e. The summed E-state index contributed by atoms with van der Waals surface area (Å²) in [5.41, 5.74) is 0.787. The van der Waals surface area contributed by atoms with Gasteiger partial charge in [0, 0.05) is 6.32 Å². The molecule has 40 valence electrons. The third kappa shape index (κ3) is 5.72. The predicted octanol–water partition coefficient (Wildman–Crippen LogP) is 0.0353. The Morgan fingerprint density at radius 3 is 2.14 bits per heavy atom. The lowest BCUT2D eigenvalue weighted by atomic mass is 9.83. The molecule has 2 nitrogen and oxygen atoms in total. The van der Waals surface area contributed by atoms with E-state index in [1.165, 1.54) is 0 Å². The van der Waals surface area contributed by atoms with Crippen molar-refractivity contribution in [1.82, 2.24) is 0 Å². The van der Waals surface area contributed by atoms with Gasteiger partial charge in [0.25, 0.3) is 0 Å². The second kappa shape index (κ2) is 2.83. The van der Waals surface area contributed by atoms with E-state index in [0.717, 1.165) is 5.57 Å². The maximum atomic E-state index is 8.22. The van der Waals surface area contributed by atoms with Crippen LogP contribution < -0.4 is 0 Å². The molecule has 2 N–H and O–H groups in total. The minimum Gasteiger partial charge on any atom is -0.427 e. The normalized spacial score (nSPS) is 8.43. The number of allylic oxidation sites excluding steroid dienone is 1. The molecule has 0 aliphatic carbocycles. The van der Waals surface area contributed by atoms with Crippen molar-refractivity contribution in [3.8, 4) is 0 Å². The highest BCUT2D eigenvalue weighted by molar-refractivity contribution is 6.41. The molecule has 3 heteroatoms. The molecule has 0 heterocycles. The lowest BCUT2D eigenvalue weighted by Crippen LogP contribution is -2.09. The zero-order valence-corrected chi connectivity index (χ0v) is 4.39. The average molecular weight is 99.9 g/mol. The molecule has 0 aliphatic heterocycles. The summed E-state index contributed by atoms with van der Waals surface area (Å²) in [4.78, 5) is 0. The van der Waals surface area contributed by atoms with Gasteiger partial charge in [-0.25, -0.2) is 0 Å². The Labute approximate surface area is 43.6 Å². The highest BCUT2D eigenvalue weighted by Crippen LogP contribution is 1.95. The average Bonchev–Trinajstić information content (AvgIpc) is 1.27. The van der Waals surface area contributed by atoms with Gasteiger partial charge < -0.3 is 10.0 Å². The van der Waals surface area contributed by atoms with Crippen molar-refractivity contribution in [2.24, 2.45) is 0 Å². The summed E-state index contributed by atoms with van der Waals surface area (Å²) in [5, 5.41) is 16.4. The monoisotopic (exact) mass is 100 g/mol. The fourth-order valence-corrected chi connectivity index (χ4v) is 0.312. The first-order chi connectivity index (χ1) is 3.13. The van der Waals surface area contributed by atoms with E-state index in [1.54, 1.807) is 6.92 Å². The van der Waals surface area contributed by atoms with Gasteiger partial charge in [0.1, 0.15) is 0 Å². The third-order valence-electron chi connectivity index (χ3n) is 0.531. The van der Waals surface area contributed by atoms with Crippen LogP contribution in [0.2, 0.25) is 6.32 Å². The van der Waals surface area contributed by atoms with Crippen molar-refractivity contribution in [2.45, 2.75) is 13.2 Å². The standard InChI is InChI=1S/C4H9BO2/c1-4(2)3-5(6)7/h6-7H,1,3H2,2H3. The summed E-state index contributed by atoms with van der Waals surface area (Å²) in [6.45, 7) is 5.22.